The molecule has 1 aromatic rings. The smallest absolute Gasteiger partial charge is 0.312 e. The molecule has 1 aliphatic carbocycles. The second kappa shape index (κ2) is 7.40. The summed E-state index contributed by atoms with van der Waals surface area (Å²) in [6.07, 6.45) is 7.30. The Morgan fingerprint density at radius 1 is 1.30 bits per heavy atom. The highest BCUT2D eigenvalue weighted by molar-refractivity contribution is 7.16. The van der Waals surface area contributed by atoms with Crippen molar-refractivity contribution in [1.82, 2.24) is 25.1 Å². The van der Waals surface area contributed by atoms with E-state index >= 15 is 0 Å². The summed E-state index contributed by atoms with van der Waals surface area (Å²) in [6, 6.07) is 0.444. The Kier molecular flexibility index (Phi) is 5.48. The van der Waals surface area contributed by atoms with Crippen LogP contribution in [0.1, 0.15) is 45.4 Å². The topological polar surface area (TPSA) is 73.3 Å². The number of hydrogen-bond acceptors (Lipinski definition) is 7. The fraction of sp³-hybridized carbons (Fsp3) is 0.867. The Labute approximate surface area is 141 Å². The van der Waals surface area contributed by atoms with Gasteiger partial charge < -0.3 is 9.94 Å². The number of hydrogen-bond donors (Lipinski definition) is 1. The largest absolute Gasteiger partial charge is 0.623 e. The van der Waals surface area contributed by atoms with E-state index in [1.165, 1.54) is 49.9 Å². The Hall–Kier alpha value is -0.800. The normalized spacial score (nSPS) is 30.5. The molecule has 2 fully saturated rings. The molecule has 7 nitrogen and oxygen atoms in total. The molecule has 3 rings (SSSR count). The molecule has 1 N–H and O–H groups in total. The zero-order chi connectivity index (χ0) is 16.3. The van der Waals surface area contributed by atoms with Crippen molar-refractivity contribution in [3.05, 3.63) is 5.21 Å². The lowest BCUT2D eigenvalue weighted by atomic mass is 10.1. The Morgan fingerprint density at radius 3 is 2.74 bits per heavy atom. The monoisotopic (exact) mass is 341 g/mol. The van der Waals surface area contributed by atoms with Gasteiger partial charge in [-0.3, -0.25) is 14.9 Å². The highest BCUT2D eigenvalue weighted by Crippen LogP contribution is 2.35. The summed E-state index contributed by atoms with van der Waals surface area (Å²) in [5.41, 5.74) is 0. The van der Waals surface area contributed by atoms with Crippen LogP contribution < -0.4 is 14.7 Å². The van der Waals surface area contributed by atoms with Crippen LogP contribution in [0.25, 0.3) is 0 Å². The van der Waals surface area contributed by atoms with Crippen LogP contribution in [-0.4, -0.2) is 54.2 Å². The minimum absolute atomic E-state index is 0.175. The zero-order valence-electron chi connectivity index (χ0n) is 14.0. The fourth-order valence-electron chi connectivity index (χ4n) is 3.56. The lowest BCUT2D eigenvalue weighted by Crippen LogP contribution is -2.58. The van der Waals surface area contributed by atoms with Gasteiger partial charge in [0.1, 0.15) is 6.67 Å². The number of hydroxylamine groups is 2. The summed E-state index contributed by atoms with van der Waals surface area (Å²) < 4.78 is 4.92. The van der Waals surface area contributed by atoms with E-state index < -0.39 is 4.65 Å². The van der Waals surface area contributed by atoms with Crippen molar-refractivity contribution in [3.63, 3.8) is 0 Å². The van der Waals surface area contributed by atoms with Gasteiger partial charge in [0.25, 0.3) is 5.19 Å². The van der Waals surface area contributed by atoms with Crippen LogP contribution in [-0.2, 0) is 0 Å². The molecule has 8 heteroatoms. The number of rotatable bonds is 5. The first-order valence-electron chi connectivity index (χ1n) is 8.62. The molecule has 23 heavy (non-hydrogen) atoms. The predicted octanol–water partition coefficient (Wildman–Crippen LogP) is 2.28. The molecule has 0 spiro atoms. The van der Waals surface area contributed by atoms with Crippen LogP contribution in [0.15, 0.2) is 0 Å². The SMILES string of the molecule is CCOc1nnc([N+]2([O-])CN(C)CC2NC2CCCCCC2)s1. The van der Waals surface area contributed by atoms with Crippen LogP contribution in [0.3, 0.4) is 0 Å². The lowest BCUT2D eigenvalue weighted by molar-refractivity contribution is 0.260. The molecular weight excluding hydrogens is 314 g/mol. The van der Waals surface area contributed by atoms with Crippen molar-refractivity contribution in [2.75, 3.05) is 26.9 Å². The van der Waals surface area contributed by atoms with Crippen molar-refractivity contribution in [3.8, 4) is 5.19 Å². The first kappa shape index (κ1) is 17.0. The molecule has 2 aliphatic rings. The quantitative estimate of drug-likeness (QED) is 0.503. The average molecular weight is 341 g/mol. The zero-order valence-corrected chi connectivity index (χ0v) is 14.8. The first-order chi connectivity index (χ1) is 11.1. The van der Waals surface area contributed by atoms with E-state index in [1.54, 1.807) is 0 Å². The molecule has 2 atom stereocenters. The van der Waals surface area contributed by atoms with E-state index in [0.717, 1.165) is 6.54 Å². The number of aromatic nitrogens is 2. The minimum Gasteiger partial charge on any atom is -0.623 e. The maximum absolute atomic E-state index is 13.5. The second-order valence-electron chi connectivity index (χ2n) is 6.63. The summed E-state index contributed by atoms with van der Waals surface area (Å²) in [7, 11) is 1.99. The summed E-state index contributed by atoms with van der Waals surface area (Å²) in [4.78, 5) is 2.07. The van der Waals surface area contributed by atoms with Crippen LogP contribution in [0.5, 0.6) is 5.19 Å². The molecule has 2 unspecified atom stereocenters. The Balaban J connectivity index is 1.74. The van der Waals surface area contributed by atoms with Gasteiger partial charge in [0.05, 0.1) is 13.2 Å². The molecule has 1 saturated carbocycles. The van der Waals surface area contributed by atoms with Crippen molar-refractivity contribution >= 4 is 16.5 Å². The van der Waals surface area contributed by atoms with Crippen LogP contribution in [0, 0.1) is 5.21 Å². The number of likely N-dealkylation sites (N-methyl/N-ethyl adjacent to an activating group) is 1. The van der Waals surface area contributed by atoms with Crippen molar-refractivity contribution in [2.45, 2.75) is 57.7 Å². The fourth-order valence-corrected chi connectivity index (χ4v) is 4.40. The second-order valence-corrected chi connectivity index (χ2v) is 7.55. The standard InChI is InChI=1S/C15H27N5O2S/c1-3-22-15-18-17-14(23-15)20(21)11-19(2)10-13(20)16-12-8-6-4-5-7-9-12/h12-13,16H,3-11H2,1-2H3. The maximum Gasteiger partial charge on any atom is 0.312 e. The van der Waals surface area contributed by atoms with Crippen LogP contribution in [0.2, 0.25) is 0 Å². The third-order valence-electron chi connectivity index (χ3n) is 4.71. The van der Waals surface area contributed by atoms with Crippen molar-refractivity contribution in [1.29, 1.82) is 0 Å². The van der Waals surface area contributed by atoms with E-state index in [-0.39, 0.29) is 6.17 Å². The molecule has 0 amide bonds. The summed E-state index contributed by atoms with van der Waals surface area (Å²) in [5, 5.41) is 26.2. The number of ether oxygens (including phenoxy) is 1. The van der Waals surface area contributed by atoms with Gasteiger partial charge in [-0.15, -0.1) is 0 Å². The van der Waals surface area contributed by atoms with Gasteiger partial charge in [0.2, 0.25) is 0 Å². The van der Waals surface area contributed by atoms with Crippen molar-refractivity contribution in [2.24, 2.45) is 0 Å². The van der Waals surface area contributed by atoms with Gasteiger partial charge in [-0.2, -0.15) is 0 Å². The Bertz CT molecular complexity index is 506. The highest BCUT2D eigenvalue weighted by Gasteiger charge is 2.43. The molecule has 0 bridgehead atoms. The van der Waals surface area contributed by atoms with E-state index in [9.17, 15) is 5.21 Å². The number of nitrogens with one attached hydrogen (secondary N) is 1. The van der Waals surface area contributed by atoms with E-state index in [4.69, 9.17) is 4.74 Å². The van der Waals surface area contributed by atoms with E-state index in [1.807, 2.05) is 14.0 Å². The first-order valence-corrected chi connectivity index (χ1v) is 9.43. The van der Waals surface area contributed by atoms with Gasteiger partial charge in [0.15, 0.2) is 6.17 Å². The molecule has 1 aliphatic heterocycles. The summed E-state index contributed by atoms with van der Waals surface area (Å²) in [5.74, 6) is 0. The average Bonchev–Trinajstić information content (AvgIpc) is 2.98. The highest BCUT2D eigenvalue weighted by atomic mass is 32.1. The van der Waals surface area contributed by atoms with Gasteiger partial charge in [0, 0.05) is 17.4 Å². The molecule has 0 aromatic carbocycles. The van der Waals surface area contributed by atoms with E-state index in [2.05, 4.69) is 20.4 Å². The van der Waals surface area contributed by atoms with Gasteiger partial charge in [-0.25, -0.2) is 0 Å². The molecule has 1 aromatic heterocycles. The Morgan fingerprint density at radius 2 is 2.04 bits per heavy atom. The molecule has 0 radical (unpaired) electrons. The molecular formula is C15H27N5O2S. The predicted molar refractivity (Wildman–Crippen MR) is 92.1 cm³/mol. The van der Waals surface area contributed by atoms with Gasteiger partial charge in [-0.1, -0.05) is 35.9 Å². The lowest BCUT2D eigenvalue weighted by Gasteiger charge is -2.40. The van der Waals surface area contributed by atoms with Crippen LogP contribution >= 0.6 is 11.3 Å². The van der Waals surface area contributed by atoms with E-state index in [0.29, 0.717) is 29.6 Å². The van der Waals surface area contributed by atoms with Crippen molar-refractivity contribution < 1.29 is 4.74 Å². The molecule has 2 heterocycles. The maximum atomic E-state index is 13.5. The number of quaternary nitrogens is 1. The number of nitrogens with zero attached hydrogens (tertiary/aromatic N) is 4. The minimum atomic E-state index is -0.461. The molecule has 1 saturated heterocycles. The van der Waals surface area contributed by atoms with Crippen LogP contribution in [0.4, 0.5) is 5.13 Å². The van der Waals surface area contributed by atoms with Gasteiger partial charge in [-0.05, 0) is 26.8 Å². The third kappa shape index (κ3) is 3.83. The van der Waals surface area contributed by atoms with Gasteiger partial charge >= 0.3 is 5.13 Å². The summed E-state index contributed by atoms with van der Waals surface area (Å²) >= 11 is 1.27. The molecule has 130 valence electrons. The third-order valence-corrected chi connectivity index (χ3v) is 5.66. The summed E-state index contributed by atoms with van der Waals surface area (Å²) in [6.45, 7) is 3.59.